The molecule has 1 amide bonds. The molecule has 0 bridgehead atoms. The van der Waals surface area contributed by atoms with Crippen LogP contribution in [-0.4, -0.2) is 16.0 Å². The maximum atomic E-state index is 12.6. The van der Waals surface area contributed by atoms with E-state index in [1.54, 1.807) is 6.07 Å². The lowest BCUT2D eigenvalue weighted by molar-refractivity contribution is 0.0932. The lowest BCUT2D eigenvalue weighted by Gasteiger charge is -2.14. The molecule has 0 radical (unpaired) electrons. The van der Waals surface area contributed by atoms with Gasteiger partial charge in [-0.2, -0.15) is 4.98 Å². The zero-order chi connectivity index (χ0) is 18.5. The Morgan fingerprint density at radius 3 is 2.44 bits per heavy atom. The summed E-state index contributed by atoms with van der Waals surface area (Å²) in [5, 5.41) is 8.98. The molecule has 0 spiro atoms. The number of hydrogen-bond acceptors (Lipinski definition) is 5. The van der Waals surface area contributed by atoms with Crippen molar-refractivity contribution in [2.75, 3.05) is 0 Å². The van der Waals surface area contributed by atoms with Gasteiger partial charge < -0.3 is 9.84 Å². The van der Waals surface area contributed by atoms with Gasteiger partial charge in [-0.1, -0.05) is 71.9 Å². The molecule has 1 N–H and O–H groups in total. The van der Waals surface area contributed by atoms with Gasteiger partial charge in [-0.3, -0.25) is 4.79 Å². The predicted octanol–water partition coefficient (Wildman–Crippen LogP) is 4.51. The molecule has 0 aliphatic heterocycles. The third kappa shape index (κ3) is 4.12. The lowest BCUT2D eigenvalue weighted by Crippen LogP contribution is -2.29. The van der Waals surface area contributed by atoms with Crippen molar-refractivity contribution >= 4 is 17.2 Å². The van der Waals surface area contributed by atoms with Crippen LogP contribution in [0, 0.1) is 0 Å². The first-order valence-corrected chi connectivity index (χ1v) is 9.45. The first-order valence-electron chi connectivity index (χ1n) is 8.57. The van der Waals surface area contributed by atoms with Gasteiger partial charge in [0, 0.05) is 12.0 Å². The van der Waals surface area contributed by atoms with Crippen molar-refractivity contribution in [2.24, 2.45) is 0 Å². The van der Waals surface area contributed by atoms with Crippen LogP contribution in [0.5, 0.6) is 0 Å². The Kier molecular flexibility index (Phi) is 5.07. The van der Waals surface area contributed by atoms with Crippen LogP contribution in [0.15, 0.2) is 82.7 Å². The molecule has 134 valence electrons. The summed E-state index contributed by atoms with van der Waals surface area (Å²) in [5.41, 5.74) is 1.95. The number of carbonyl (C=O) groups excluding carboxylic acids is 1. The molecular formula is C21H17N3O2S. The summed E-state index contributed by atoms with van der Waals surface area (Å²) in [7, 11) is 0. The second kappa shape index (κ2) is 7.97. The minimum Gasteiger partial charge on any atom is -0.339 e. The molecule has 4 rings (SSSR count). The van der Waals surface area contributed by atoms with Gasteiger partial charge in [-0.25, -0.2) is 0 Å². The Morgan fingerprint density at radius 2 is 1.74 bits per heavy atom. The van der Waals surface area contributed by atoms with E-state index in [0.29, 0.717) is 23.0 Å². The molecule has 6 heteroatoms. The van der Waals surface area contributed by atoms with Gasteiger partial charge in [0.25, 0.3) is 5.91 Å². The minimum absolute atomic E-state index is 0.148. The molecule has 0 aliphatic rings. The molecule has 1 atom stereocenters. The molecule has 27 heavy (non-hydrogen) atoms. The van der Waals surface area contributed by atoms with Crippen molar-refractivity contribution in [1.82, 2.24) is 15.5 Å². The predicted molar refractivity (Wildman–Crippen MR) is 104 cm³/mol. The molecule has 0 aliphatic carbocycles. The standard InChI is InChI=1S/C21H17N3O2S/c25-20(18-12-7-13-27-18)22-17(14-15-8-3-1-4-9-15)21-23-19(24-26-21)16-10-5-2-6-11-16/h1-13,17H,14H2,(H,22,25)/t17-/m0/s1. The van der Waals surface area contributed by atoms with Crippen molar-refractivity contribution in [1.29, 1.82) is 0 Å². The van der Waals surface area contributed by atoms with E-state index in [0.717, 1.165) is 11.1 Å². The van der Waals surface area contributed by atoms with E-state index in [4.69, 9.17) is 4.52 Å². The molecule has 0 unspecified atom stereocenters. The Bertz CT molecular complexity index is 998. The number of nitrogens with one attached hydrogen (secondary N) is 1. The van der Waals surface area contributed by atoms with E-state index in [-0.39, 0.29) is 5.91 Å². The monoisotopic (exact) mass is 375 g/mol. The smallest absolute Gasteiger partial charge is 0.262 e. The molecule has 2 heterocycles. The molecule has 0 saturated heterocycles. The minimum atomic E-state index is -0.410. The van der Waals surface area contributed by atoms with Crippen molar-refractivity contribution in [2.45, 2.75) is 12.5 Å². The van der Waals surface area contributed by atoms with Crippen molar-refractivity contribution in [3.8, 4) is 11.4 Å². The summed E-state index contributed by atoms with van der Waals surface area (Å²) < 4.78 is 5.50. The summed E-state index contributed by atoms with van der Waals surface area (Å²) in [5.74, 6) is 0.752. The van der Waals surface area contributed by atoms with E-state index >= 15 is 0 Å². The summed E-state index contributed by atoms with van der Waals surface area (Å²) in [6.45, 7) is 0. The summed E-state index contributed by atoms with van der Waals surface area (Å²) >= 11 is 1.40. The van der Waals surface area contributed by atoms with E-state index in [1.807, 2.05) is 72.1 Å². The fraction of sp³-hybridized carbons (Fsp3) is 0.0952. The van der Waals surface area contributed by atoms with Gasteiger partial charge >= 0.3 is 0 Å². The number of aromatic nitrogens is 2. The maximum Gasteiger partial charge on any atom is 0.262 e. The Labute approximate surface area is 160 Å². The highest BCUT2D eigenvalue weighted by molar-refractivity contribution is 7.12. The fourth-order valence-electron chi connectivity index (χ4n) is 2.77. The molecule has 2 aromatic heterocycles. The quantitative estimate of drug-likeness (QED) is 0.538. The highest BCUT2D eigenvalue weighted by atomic mass is 32.1. The van der Waals surface area contributed by atoms with Crippen LogP contribution < -0.4 is 5.32 Å². The first kappa shape index (κ1) is 17.2. The molecular weight excluding hydrogens is 358 g/mol. The highest BCUT2D eigenvalue weighted by Gasteiger charge is 2.23. The van der Waals surface area contributed by atoms with Crippen LogP contribution in [0.4, 0.5) is 0 Å². The summed E-state index contributed by atoms with van der Waals surface area (Å²) in [4.78, 5) is 17.7. The first-order chi connectivity index (χ1) is 13.3. The zero-order valence-electron chi connectivity index (χ0n) is 14.4. The number of nitrogens with zero attached hydrogens (tertiary/aromatic N) is 2. The van der Waals surface area contributed by atoms with Gasteiger partial charge in [-0.05, 0) is 17.0 Å². The Morgan fingerprint density at radius 1 is 1.00 bits per heavy atom. The molecule has 4 aromatic rings. The topological polar surface area (TPSA) is 68.0 Å². The third-order valence-electron chi connectivity index (χ3n) is 4.10. The van der Waals surface area contributed by atoms with Crippen LogP contribution >= 0.6 is 11.3 Å². The van der Waals surface area contributed by atoms with E-state index < -0.39 is 6.04 Å². The van der Waals surface area contributed by atoms with Gasteiger partial charge in [0.2, 0.25) is 11.7 Å². The summed E-state index contributed by atoms with van der Waals surface area (Å²) in [6.07, 6.45) is 0.564. The second-order valence-corrected chi connectivity index (χ2v) is 6.96. The SMILES string of the molecule is O=C(N[C@@H](Cc1ccccc1)c1nc(-c2ccccc2)no1)c1cccs1. The number of thiophene rings is 1. The molecule has 2 aromatic carbocycles. The van der Waals surface area contributed by atoms with Crippen molar-refractivity contribution in [3.63, 3.8) is 0 Å². The van der Waals surface area contributed by atoms with Gasteiger partial charge in [0.1, 0.15) is 6.04 Å². The maximum absolute atomic E-state index is 12.6. The Balaban J connectivity index is 1.61. The van der Waals surface area contributed by atoms with Crippen molar-refractivity contribution < 1.29 is 9.32 Å². The Hall–Kier alpha value is -3.25. The van der Waals surface area contributed by atoms with Gasteiger partial charge in [-0.15, -0.1) is 11.3 Å². The van der Waals surface area contributed by atoms with Crippen LogP contribution in [0.1, 0.15) is 27.2 Å². The number of carbonyl (C=O) groups is 1. The van der Waals surface area contributed by atoms with E-state index in [9.17, 15) is 4.79 Å². The largest absolute Gasteiger partial charge is 0.339 e. The number of hydrogen-bond donors (Lipinski definition) is 1. The highest BCUT2D eigenvalue weighted by Crippen LogP contribution is 2.22. The number of rotatable bonds is 6. The third-order valence-corrected chi connectivity index (χ3v) is 4.97. The average Bonchev–Trinajstić information content (AvgIpc) is 3.41. The summed E-state index contributed by atoms with van der Waals surface area (Å²) in [6, 6.07) is 22.8. The van der Waals surface area contributed by atoms with E-state index in [1.165, 1.54) is 11.3 Å². The molecule has 5 nitrogen and oxygen atoms in total. The van der Waals surface area contributed by atoms with E-state index in [2.05, 4.69) is 15.5 Å². The number of benzene rings is 2. The van der Waals surface area contributed by atoms with Gasteiger partial charge in [0.05, 0.1) is 4.88 Å². The van der Waals surface area contributed by atoms with Crippen molar-refractivity contribution in [3.05, 3.63) is 94.5 Å². The van der Waals surface area contributed by atoms with Gasteiger partial charge in [0.15, 0.2) is 0 Å². The second-order valence-electron chi connectivity index (χ2n) is 6.02. The fourth-order valence-corrected chi connectivity index (χ4v) is 3.40. The van der Waals surface area contributed by atoms with Crippen LogP contribution in [-0.2, 0) is 6.42 Å². The van der Waals surface area contributed by atoms with Crippen LogP contribution in [0.25, 0.3) is 11.4 Å². The average molecular weight is 375 g/mol. The van der Waals surface area contributed by atoms with Crippen LogP contribution in [0.2, 0.25) is 0 Å². The normalized spacial score (nSPS) is 11.9. The van der Waals surface area contributed by atoms with Crippen LogP contribution in [0.3, 0.4) is 0 Å². The molecule has 0 fully saturated rings. The number of amides is 1. The molecule has 0 saturated carbocycles. The zero-order valence-corrected chi connectivity index (χ0v) is 15.2. The lowest BCUT2D eigenvalue weighted by atomic mass is 10.1.